The number of hydrogen-bond donors (Lipinski definition) is 1. The second-order valence-electron chi connectivity index (χ2n) is 4.92. The van der Waals surface area contributed by atoms with Crippen molar-refractivity contribution in [3.8, 4) is 11.5 Å². The van der Waals surface area contributed by atoms with Gasteiger partial charge in [0.05, 0.1) is 5.56 Å². The van der Waals surface area contributed by atoms with Crippen LogP contribution in [0.2, 0.25) is 0 Å². The molecule has 1 heterocycles. The predicted octanol–water partition coefficient (Wildman–Crippen LogP) is 1.48. The van der Waals surface area contributed by atoms with Crippen LogP contribution in [0.4, 0.5) is 5.69 Å². The summed E-state index contributed by atoms with van der Waals surface area (Å²) in [6.45, 7) is 0.983. The molecule has 0 aromatic heterocycles. The molecule has 96 valence electrons. The van der Waals surface area contributed by atoms with Crippen LogP contribution in [0, 0.1) is 5.92 Å². The lowest BCUT2D eigenvalue weighted by molar-refractivity contribution is 0.0789. The Morgan fingerprint density at radius 1 is 1.39 bits per heavy atom. The number of fused-ring (bicyclic) bond motifs is 1. The van der Waals surface area contributed by atoms with Gasteiger partial charge in [0.15, 0.2) is 11.5 Å². The highest BCUT2D eigenvalue weighted by Crippen LogP contribution is 2.36. The standard InChI is InChI=1S/C13H16N2O3/c1-15(6-8-2-3-8)13(16)9-4-11-12(5-10(9)14)18-7-17-11/h4-5,8H,2-3,6-7,14H2,1H3. The summed E-state index contributed by atoms with van der Waals surface area (Å²) in [7, 11) is 1.81. The van der Waals surface area contributed by atoms with E-state index in [4.69, 9.17) is 15.2 Å². The van der Waals surface area contributed by atoms with Crippen LogP contribution >= 0.6 is 0 Å². The quantitative estimate of drug-likeness (QED) is 0.823. The van der Waals surface area contributed by atoms with Crippen molar-refractivity contribution in [3.05, 3.63) is 17.7 Å². The third kappa shape index (κ3) is 1.96. The van der Waals surface area contributed by atoms with Crippen LogP contribution in [0.3, 0.4) is 0 Å². The van der Waals surface area contributed by atoms with Gasteiger partial charge in [0.1, 0.15) is 0 Å². The smallest absolute Gasteiger partial charge is 0.255 e. The summed E-state index contributed by atoms with van der Waals surface area (Å²) >= 11 is 0. The zero-order valence-electron chi connectivity index (χ0n) is 10.3. The summed E-state index contributed by atoms with van der Waals surface area (Å²) in [6, 6.07) is 3.32. The molecule has 0 unspecified atom stereocenters. The first-order valence-corrected chi connectivity index (χ1v) is 6.09. The fraction of sp³-hybridized carbons (Fsp3) is 0.462. The molecule has 1 fully saturated rings. The van der Waals surface area contributed by atoms with Crippen LogP contribution < -0.4 is 15.2 Å². The van der Waals surface area contributed by atoms with E-state index in [0.29, 0.717) is 28.7 Å². The summed E-state index contributed by atoms with van der Waals surface area (Å²) < 4.78 is 10.5. The van der Waals surface area contributed by atoms with Gasteiger partial charge in [-0.2, -0.15) is 0 Å². The molecule has 1 amide bonds. The highest BCUT2D eigenvalue weighted by molar-refractivity contribution is 6.00. The minimum atomic E-state index is -0.0577. The fourth-order valence-electron chi connectivity index (χ4n) is 2.12. The number of amides is 1. The van der Waals surface area contributed by atoms with Gasteiger partial charge in [-0.3, -0.25) is 4.79 Å². The Hall–Kier alpha value is -1.91. The van der Waals surface area contributed by atoms with Gasteiger partial charge in [0.25, 0.3) is 5.91 Å². The lowest BCUT2D eigenvalue weighted by Crippen LogP contribution is -2.29. The van der Waals surface area contributed by atoms with Crippen LogP contribution in [0.25, 0.3) is 0 Å². The molecule has 1 aromatic rings. The average Bonchev–Trinajstić information content (AvgIpc) is 3.04. The Kier molecular flexibility index (Phi) is 2.54. The van der Waals surface area contributed by atoms with E-state index in [2.05, 4.69) is 0 Å². The maximum absolute atomic E-state index is 12.3. The molecule has 1 aliphatic carbocycles. The van der Waals surface area contributed by atoms with Gasteiger partial charge in [0, 0.05) is 25.3 Å². The Morgan fingerprint density at radius 2 is 2.06 bits per heavy atom. The summed E-state index contributed by atoms with van der Waals surface area (Å²) in [6.07, 6.45) is 2.43. The number of nitrogen functional groups attached to an aromatic ring is 1. The van der Waals surface area contributed by atoms with Gasteiger partial charge >= 0.3 is 0 Å². The van der Waals surface area contributed by atoms with Gasteiger partial charge in [-0.25, -0.2) is 0 Å². The molecule has 0 spiro atoms. The number of ether oxygens (including phenoxy) is 2. The molecule has 1 aromatic carbocycles. The van der Waals surface area contributed by atoms with Gasteiger partial charge in [-0.1, -0.05) is 0 Å². The molecule has 1 saturated carbocycles. The maximum atomic E-state index is 12.3. The van der Waals surface area contributed by atoms with E-state index in [1.807, 2.05) is 7.05 Å². The number of rotatable bonds is 3. The highest BCUT2D eigenvalue weighted by Gasteiger charge is 2.27. The number of carbonyl (C=O) groups excluding carboxylic acids is 1. The first-order valence-electron chi connectivity index (χ1n) is 6.09. The molecule has 0 saturated heterocycles. The molecular formula is C13H16N2O3. The Labute approximate surface area is 105 Å². The number of benzene rings is 1. The van der Waals surface area contributed by atoms with Crippen LogP contribution in [-0.4, -0.2) is 31.2 Å². The monoisotopic (exact) mass is 248 g/mol. The summed E-state index contributed by atoms with van der Waals surface area (Å²) in [5, 5.41) is 0. The van der Waals surface area contributed by atoms with Crippen molar-refractivity contribution in [1.29, 1.82) is 0 Å². The second kappa shape index (κ2) is 4.08. The van der Waals surface area contributed by atoms with E-state index in [1.54, 1.807) is 17.0 Å². The first-order chi connectivity index (χ1) is 8.65. The lowest BCUT2D eigenvalue weighted by Gasteiger charge is -2.18. The molecule has 1 aliphatic heterocycles. The predicted molar refractivity (Wildman–Crippen MR) is 66.7 cm³/mol. The third-order valence-electron chi connectivity index (χ3n) is 3.35. The SMILES string of the molecule is CN(CC1CC1)C(=O)c1cc2c(cc1N)OCO2. The Morgan fingerprint density at radius 3 is 2.72 bits per heavy atom. The van der Waals surface area contributed by atoms with E-state index >= 15 is 0 Å². The van der Waals surface area contributed by atoms with Crippen molar-refractivity contribution in [2.45, 2.75) is 12.8 Å². The van der Waals surface area contributed by atoms with Crippen molar-refractivity contribution in [2.75, 3.05) is 26.1 Å². The zero-order valence-corrected chi connectivity index (χ0v) is 10.3. The molecule has 18 heavy (non-hydrogen) atoms. The third-order valence-corrected chi connectivity index (χ3v) is 3.35. The molecule has 5 nitrogen and oxygen atoms in total. The van der Waals surface area contributed by atoms with Crippen LogP contribution in [0.15, 0.2) is 12.1 Å². The van der Waals surface area contributed by atoms with Crippen LogP contribution in [-0.2, 0) is 0 Å². The second-order valence-corrected chi connectivity index (χ2v) is 4.92. The normalized spacial score (nSPS) is 16.7. The average molecular weight is 248 g/mol. The van der Waals surface area contributed by atoms with Crippen molar-refractivity contribution < 1.29 is 14.3 Å². The number of nitrogens with two attached hydrogens (primary N) is 1. The van der Waals surface area contributed by atoms with Crippen molar-refractivity contribution in [2.24, 2.45) is 5.92 Å². The minimum absolute atomic E-state index is 0.0577. The minimum Gasteiger partial charge on any atom is -0.454 e. The number of hydrogen-bond acceptors (Lipinski definition) is 4. The summed E-state index contributed by atoms with van der Waals surface area (Å²) in [5.74, 6) is 1.80. The molecule has 0 radical (unpaired) electrons. The van der Waals surface area contributed by atoms with E-state index in [1.165, 1.54) is 12.8 Å². The number of carbonyl (C=O) groups is 1. The largest absolute Gasteiger partial charge is 0.454 e. The van der Waals surface area contributed by atoms with E-state index < -0.39 is 0 Å². The van der Waals surface area contributed by atoms with E-state index in [0.717, 1.165) is 6.54 Å². The van der Waals surface area contributed by atoms with Gasteiger partial charge < -0.3 is 20.1 Å². The van der Waals surface area contributed by atoms with Crippen molar-refractivity contribution in [1.82, 2.24) is 4.90 Å². The molecule has 5 heteroatoms. The first kappa shape index (κ1) is 11.2. The molecule has 0 bridgehead atoms. The Bertz CT molecular complexity index is 497. The summed E-state index contributed by atoms with van der Waals surface area (Å²) in [4.78, 5) is 14.0. The number of anilines is 1. The number of nitrogens with zero attached hydrogens (tertiary/aromatic N) is 1. The summed E-state index contributed by atoms with van der Waals surface area (Å²) in [5.41, 5.74) is 6.82. The molecular weight excluding hydrogens is 232 g/mol. The van der Waals surface area contributed by atoms with E-state index in [-0.39, 0.29) is 12.7 Å². The van der Waals surface area contributed by atoms with Crippen molar-refractivity contribution >= 4 is 11.6 Å². The lowest BCUT2D eigenvalue weighted by atomic mass is 10.1. The van der Waals surface area contributed by atoms with Crippen LogP contribution in [0.5, 0.6) is 11.5 Å². The van der Waals surface area contributed by atoms with Gasteiger partial charge in [-0.05, 0) is 24.8 Å². The highest BCUT2D eigenvalue weighted by atomic mass is 16.7. The van der Waals surface area contributed by atoms with Crippen molar-refractivity contribution in [3.63, 3.8) is 0 Å². The van der Waals surface area contributed by atoms with Gasteiger partial charge in [0.2, 0.25) is 6.79 Å². The Balaban J connectivity index is 1.84. The zero-order chi connectivity index (χ0) is 12.7. The molecule has 3 rings (SSSR count). The maximum Gasteiger partial charge on any atom is 0.255 e. The van der Waals surface area contributed by atoms with E-state index in [9.17, 15) is 4.79 Å². The van der Waals surface area contributed by atoms with Crippen LogP contribution in [0.1, 0.15) is 23.2 Å². The fourth-order valence-corrected chi connectivity index (χ4v) is 2.12. The molecule has 2 aliphatic rings. The topological polar surface area (TPSA) is 64.8 Å². The van der Waals surface area contributed by atoms with Gasteiger partial charge in [-0.15, -0.1) is 0 Å². The molecule has 0 atom stereocenters. The molecule has 2 N–H and O–H groups in total.